The number of likely N-dealkylation sites (tertiary alicyclic amines) is 1. The Balaban J connectivity index is 1.52. The van der Waals surface area contributed by atoms with Crippen molar-refractivity contribution in [3.8, 4) is 11.3 Å². The molecule has 4 rings (SSSR count). The third kappa shape index (κ3) is 4.86. The predicted molar refractivity (Wildman–Crippen MR) is 122 cm³/mol. The second-order valence-corrected chi connectivity index (χ2v) is 9.55. The number of aryl methyl sites for hydroxylation is 3. The lowest BCUT2D eigenvalue weighted by molar-refractivity contribution is 0.0199. The first-order chi connectivity index (χ1) is 15.5. The van der Waals surface area contributed by atoms with E-state index < -0.39 is 5.60 Å². The van der Waals surface area contributed by atoms with Crippen molar-refractivity contribution in [2.24, 2.45) is 0 Å². The van der Waals surface area contributed by atoms with Crippen LogP contribution in [0, 0.1) is 20.8 Å². The van der Waals surface area contributed by atoms with E-state index in [4.69, 9.17) is 13.7 Å². The quantitative estimate of drug-likeness (QED) is 0.618. The number of hydrogen-bond acceptors (Lipinski definition) is 7. The smallest absolute Gasteiger partial charge is 0.410 e. The fourth-order valence-electron chi connectivity index (χ4n) is 4.09. The fourth-order valence-corrected chi connectivity index (χ4v) is 4.09. The molecular formula is C24H30N4O5. The van der Waals surface area contributed by atoms with Gasteiger partial charge in [0.15, 0.2) is 0 Å². The second-order valence-electron chi connectivity index (χ2n) is 9.55. The van der Waals surface area contributed by atoms with Gasteiger partial charge in [-0.25, -0.2) is 9.78 Å². The molecule has 0 aliphatic carbocycles. The molecule has 33 heavy (non-hydrogen) atoms. The van der Waals surface area contributed by atoms with Crippen molar-refractivity contribution in [1.29, 1.82) is 0 Å². The Morgan fingerprint density at radius 2 is 1.85 bits per heavy atom. The van der Waals surface area contributed by atoms with Gasteiger partial charge in [-0.15, -0.1) is 0 Å². The molecule has 0 bridgehead atoms. The van der Waals surface area contributed by atoms with Gasteiger partial charge in [-0.2, -0.15) is 0 Å². The van der Waals surface area contributed by atoms with E-state index >= 15 is 0 Å². The van der Waals surface area contributed by atoms with Crippen LogP contribution in [0.25, 0.3) is 22.4 Å². The van der Waals surface area contributed by atoms with Gasteiger partial charge in [0.2, 0.25) is 0 Å². The van der Waals surface area contributed by atoms with E-state index in [1.54, 1.807) is 17.9 Å². The summed E-state index contributed by atoms with van der Waals surface area (Å²) in [6, 6.07) is 3.59. The first-order valence-electron chi connectivity index (χ1n) is 11.1. The van der Waals surface area contributed by atoms with Crippen molar-refractivity contribution in [1.82, 2.24) is 20.4 Å². The van der Waals surface area contributed by atoms with Gasteiger partial charge in [0.25, 0.3) is 11.6 Å². The average molecular weight is 455 g/mol. The summed E-state index contributed by atoms with van der Waals surface area (Å²) in [6.07, 6.45) is 0.974. The molecule has 3 aromatic rings. The van der Waals surface area contributed by atoms with E-state index in [2.05, 4.69) is 15.5 Å². The van der Waals surface area contributed by atoms with E-state index in [0.29, 0.717) is 54.0 Å². The molecule has 0 unspecified atom stereocenters. The summed E-state index contributed by atoms with van der Waals surface area (Å²) in [6.45, 7) is 12.1. The maximum absolute atomic E-state index is 13.3. The van der Waals surface area contributed by atoms with Crippen molar-refractivity contribution in [3.05, 3.63) is 34.9 Å². The molecule has 1 aliphatic heterocycles. The Morgan fingerprint density at radius 3 is 2.45 bits per heavy atom. The Bertz CT molecular complexity index is 1200. The summed E-state index contributed by atoms with van der Waals surface area (Å²) in [4.78, 5) is 31.9. The number of fused-ring (bicyclic) bond motifs is 1. The monoisotopic (exact) mass is 454 g/mol. The van der Waals surface area contributed by atoms with Crippen LogP contribution in [0.4, 0.5) is 4.79 Å². The van der Waals surface area contributed by atoms with Gasteiger partial charge in [0.1, 0.15) is 17.1 Å². The van der Waals surface area contributed by atoms with Gasteiger partial charge >= 0.3 is 6.09 Å². The van der Waals surface area contributed by atoms with Gasteiger partial charge in [-0.05, 0) is 66.5 Å². The van der Waals surface area contributed by atoms with Gasteiger partial charge in [0, 0.05) is 24.7 Å². The first kappa shape index (κ1) is 22.8. The summed E-state index contributed by atoms with van der Waals surface area (Å²) in [5.41, 5.74) is 2.25. The Labute approximate surface area is 192 Å². The highest BCUT2D eigenvalue weighted by Gasteiger charge is 2.29. The molecule has 0 atom stereocenters. The van der Waals surface area contributed by atoms with E-state index in [1.165, 1.54) is 0 Å². The fraction of sp³-hybridized carbons (Fsp3) is 0.500. The average Bonchev–Trinajstić information content (AvgIpc) is 3.27. The summed E-state index contributed by atoms with van der Waals surface area (Å²) in [5.74, 6) is 1.26. The molecule has 0 saturated carbocycles. The van der Waals surface area contributed by atoms with E-state index in [-0.39, 0.29) is 18.0 Å². The van der Waals surface area contributed by atoms with Gasteiger partial charge in [-0.1, -0.05) is 5.16 Å². The van der Waals surface area contributed by atoms with E-state index in [9.17, 15) is 9.59 Å². The molecule has 1 N–H and O–H groups in total. The Kier molecular flexibility index (Phi) is 5.90. The minimum Gasteiger partial charge on any atom is -0.466 e. The molecule has 4 heterocycles. The van der Waals surface area contributed by atoms with Crippen LogP contribution >= 0.6 is 0 Å². The van der Waals surface area contributed by atoms with Crippen LogP contribution in [0.15, 0.2) is 21.1 Å². The number of ether oxygens (including phenoxy) is 1. The zero-order valence-electron chi connectivity index (χ0n) is 19.9. The number of nitrogens with zero attached hydrogens (tertiary/aromatic N) is 3. The molecule has 0 aromatic carbocycles. The molecule has 1 saturated heterocycles. The lowest BCUT2D eigenvalue weighted by Gasteiger charge is -2.33. The Hall–Kier alpha value is -3.36. The number of aromatic nitrogens is 2. The minimum atomic E-state index is -0.533. The van der Waals surface area contributed by atoms with Crippen LogP contribution in [-0.2, 0) is 4.74 Å². The van der Waals surface area contributed by atoms with Crippen LogP contribution in [0.2, 0.25) is 0 Å². The number of nitrogens with one attached hydrogen (secondary N) is 1. The van der Waals surface area contributed by atoms with Crippen molar-refractivity contribution in [3.63, 3.8) is 0 Å². The molecule has 9 nitrogen and oxygen atoms in total. The largest absolute Gasteiger partial charge is 0.466 e. The first-order valence-corrected chi connectivity index (χ1v) is 11.1. The van der Waals surface area contributed by atoms with Crippen LogP contribution in [0.1, 0.15) is 61.2 Å². The van der Waals surface area contributed by atoms with Crippen LogP contribution in [-0.4, -0.2) is 51.8 Å². The summed E-state index contributed by atoms with van der Waals surface area (Å²) >= 11 is 0. The molecule has 3 aromatic heterocycles. The number of carbonyl (C=O) groups excluding carboxylic acids is 2. The molecule has 1 aliphatic rings. The number of amides is 2. The zero-order chi connectivity index (χ0) is 23.9. The molecule has 2 amide bonds. The highest BCUT2D eigenvalue weighted by Crippen LogP contribution is 2.30. The standard InChI is InChI=1S/C24H30N4O5/c1-13-11-17(15(3)31-13)19-12-18(20-14(2)27-33-22(20)26-19)21(29)25-16-7-9-28(10-8-16)23(30)32-24(4,5)6/h11-12,16H,7-10H2,1-6H3,(H,25,29). The molecular weight excluding hydrogens is 424 g/mol. The van der Waals surface area contributed by atoms with Crippen molar-refractivity contribution in [2.45, 2.75) is 66.0 Å². The van der Waals surface area contributed by atoms with E-state index in [0.717, 1.165) is 17.1 Å². The van der Waals surface area contributed by atoms with Crippen molar-refractivity contribution < 1.29 is 23.3 Å². The maximum Gasteiger partial charge on any atom is 0.410 e. The van der Waals surface area contributed by atoms with Crippen LogP contribution in [0.3, 0.4) is 0 Å². The van der Waals surface area contributed by atoms with Crippen LogP contribution < -0.4 is 5.32 Å². The van der Waals surface area contributed by atoms with Gasteiger partial charge in [-0.3, -0.25) is 4.79 Å². The third-order valence-electron chi connectivity index (χ3n) is 5.66. The SMILES string of the molecule is Cc1cc(-c2cc(C(=O)NC3CCN(C(=O)OC(C)(C)C)CC3)c3c(C)noc3n2)c(C)o1. The number of pyridine rings is 1. The van der Waals surface area contributed by atoms with Crippen molar-refractivity contribution >= 4 is 23.1 Å². The normalized spacial score (nSPS) is 15.2. The number of carbonyl (C=O) groups is 2. The number of piperidine rings is 1. The van der Waals surface area contributed by atoms with Crippen LogP contribution in [0.5, 0.6) is 0 Å². The maximum atomic E-state index is 13.3. The molecule has 1 fully saturated rings. The highest BCUT2D eigenvalue weighted by molar-refractivity contribution is 6.07. The zero-order valence-corrected chi connectivity index (χ0v) is 19.9. The minimum absolute atomic E-state index is 0.0547. The lowest BCUT2D eigenvalue weighted by atomic mass is 10.0. The number of furan rings is 1. The van der Waals surface area contributed by atoms with Gasteiger partial charge in [0.05, 0.1) is 22.3 Å². The summed E-state index contributed by atoms with van der Waals surface area (Å²) in [5, 5.41) is 7.72. The van der Waals surface area contributed by atoms with Crippen molar-refractivity contribution in [2.75, 3.05) is 13.1 Å². The second kappa shape index (κ2) is 8.53. The Morgan fingerprint density at radius 1 is 1.15 bits per heavy atom. The highest BCUT2D eigenvalue weighted by atomic mass is 16.6. The number of hydrogen-bond donors (Lipinski definition) is 1. The molecule has 9 heteroatoms. The molecule has 0 spiro atoms. The van der Waals surface area contributed by atoms with Gasteiger partial charge < -0.3 is 23.9 Å². The number of rotatable bonds is 3. The summed E-state index contributed by atoms with van der Waals surface area (Å²) in [7, 11) is 0. The lowest BCUT2D eigenvalue weighted by Crippen LogP contribution is -2.47. The van der Waals surface area contributed by atoms with E-state index in [1.807, 2.05) is 40.7 Å². The molecule has 0 radical (unpaired) electrons. The third-order valence-corrected chi connectivity index (χ3v) is 5.66. The predicted octanol–water partition coefficient (Wildman–Crippen LogP) is 4.54. The topological polar surface area (TPSA) is 111 Å². The molecule has 176 valence electrons. The summed E-state index contributed by atoms with van der Waals surface area (Å²) < 4.78 is 16.5.